The van der Waals surface area contributed by atoms with Crippen LogP contribution in [0.5, 0.6) is 5.75 Å². The predicted octanol–water partition coefficient (Wildman–Crippen LogP) is 5.37. The van der Waals surface area contributed by atoms with E-state index in [1.807, 2.05) is 32.1 Å². The molecule has 26 heavy (non-hydrogen) atoms. The lowest BCUT2D eigenvalue weighted by Crippen LogP contribution is -2.20. The first-order valence-corrected chi connectivity index (χ1v) is 9.44. The van der Waals surface area contributed by atoms with Crippen molar-refractivity contribution in [2.24, 2.45) is 4.99 Å². The van der Waals surface area contributed by atoms with Gasteiger partial charge in [0.15, 0.2) is 11.6 Å². The molecule has 1 aromatic heterocycles. The highest BCUT2D eigenvalue weighted by atomic mass is 79.9. The van der Waals surface area contributed by atoms with Crippen molar-refractivity contribution in [2.45, 2.75) is 46.5 Å². The van der Waals surface area contributed by atoms with E-state index in [1.165, 1.54) is 0 Å². The van der Waals surface area contributed by atoms with Crippen molar-refractivity contribution < 1.29 is 9.53 Å². The predicted molar refractivity (Wildman–Crippen MR) is 109 cm³/mol. The molecule has 0 unspecified atom stereocenters. The molecule has 138 valence electrons. The van der Waals surface area contributed by atoms with Crippen molar-refractivity contribution in [3.63, 3.8) is 0 Å². The van der Waals surface area contributed by atoms with Crippen molar-refractivity contribution in [1.82, 2.24) is 10.3 Å². The fourth-order valence-corrected chi connectivity index (χ4v) is 2.68. The van der Waals surface area contributed by atoms with E-state index in [4.69, 9.17) is 4.74 Å². The SMILES string of the molecule is C/C=C(/CCC(C)=O)N/C(C)=N/c1ncc(Br)cc1OC1=CCCC=C1. The Morgan fingerprint density at radius 2 is 2.19 bits per heavy atom. The van der Waals surface area contributed by atoms with Crippen LogP contribution in [0.2, 0.25) is 0 Å². The van der Waals surface area contributed by atoms with Crippen LogP contribution in [0.4, 0.5) is 5.82 Å². The molecule has 1 N–H and O–H groups in total. The minimum Gasteiger partial charge on any atom is -0.454 e. The van der Waals surface area contributed by atoms with Crippen molar-refractivity contribution >= 4 is 33.4 Å². The number of hydrogen-bond donors (Lipinski definition) is 1. The quantitative estimate of drug-likeness (QED) is 0.478. The molecule has 1 aromatic rings. The van der Waals surface area contributed by atoms with E-state index in [-0.39, 0.29) is 5.78 Å². The number of allylic oxidation sites excluding steroid dienone is 5. The molecule has 0 aromatic carbocycles. The number of aromatic nitrogens is 1. The Hall–Kier alpha value is -2.21. The summed E-state index contributed by atoms with van der Waals surface area (Å²) in [5, 5.41) is 3.24. The number of nitrogens with one attached hydrogen (secondary N) is 1. The summed E-state index contributed by atoms with van der Waals surface area (Å²) < 4.78 is 6.79. The standard InChI is InChI=1S/C20H24BrN3O2/c1-4-17(11-10-14(2)25)23-15(3)24-20-19(12-16(21)13-22-20)26-18-8-6-5-7-9-18/h4,6,8-9,12-13H,5,7,10-11H2,1-3H3,(H,22,23,24)/b17-4-. The Balaban J connectivity index is 2.16. The van der Waals surface area contributed by atoms with Gasteiger partial charge in [0.25, 0.3) is 0 Å². The van der Waals surface area contributed by atoms with E-state index in [2.05, 4.69) is 43.4 Å². The van der Waals surface area contributed by atoms with E-state index in [9.17, 15) is 4.79 Å². The van der Waals surface area contributed by atoms with Gasteiger partial charge < -0.3 is 14.8 Å². The van der Waals surface area contributed by atoms with Gasteiger partial charge in [-0.1, -0.05) is 12.2 Å². The minimum atomic E-state index is 0.166. The highest BCUT2D eigenvalue weighted by Gasteiger charge is 2.10. The lowest BCUT2D eigenvalue weighted by atomic mass is 10.2. The minimum absolute atomic E-state index is 0.166. The molecular weight excluding hydrogens is 394 g/mol. The number of carbonyl (C=O) groups is 1. The molecule has 2 rings (SSSR count). The summed E-state index contributed by atoms with van der Waals surface area (Å²) >= 11 is 3.43. The number of ether oxygens (including phenoxy) is 1. The van der Waals surface area contributed by atoms with Crippen molar-refractivity contribution in [2.75, 3.05) is 0 Å². The number of nitrogens with zero attached hydrogens (tertiary/aromatic N) is 2. The van der Waals surface area contributed by atoms with Crippen LogP contribution in [0, 0.1) is 0 Å². The topological polar surface area (TPSA) is 63.6 Å². The van der Waals surface area contributed by atoms with Crippen LogP contribution in [0.1, 0.15) is 46.5 Å². The van der Waals surface area contributed by atoms with Gasteiger partial charge >= 0.3 is 0 Å². The molecular formula is C20H24BrN3O2. The fourth-order valence-electron chi connectivity index (χ4n) is 2.37. The zero-order valence-corrected chi connectivity index (χ0v) is 17.0. The van der Waals surface area contributed by atoms with Crippen LogP contribution < -0.4 is 10.1 Å². The second-order valence-corrected chi connectivity index (χ2v) is 6.92. The Labute approximate surface area is 163 Å². The number of hydrogen-bond acceptors (Lipinski definition) is 4. The molecule has 0 bridgehead atoms. The van der Waals surface area contributed by atoms with Crippen LogP contribution in [-0.2, 0) is 4.79 Å². The van der Waals surface area contributed by atoms with Gasteiger partial charge in [-0.3, -0.25) is 0 Å². The Bertz CT molecular complexity index is 779. The average Bonchev–Trinajstić information content (AvgIpc) is 2.61. The van der Waals surface area contributed by atoms with E-state index >= 15 is 0 Å². The molecule has 0 saturated heterocycles. The third-order valence-corrected chi connectivity index (χ3v) is 4.13. The maximum atomic E-state index is 11.2. The molecule has 0 aliphatic heterocycles. The first-order valence-electron chi connectivity index (χ1n) is 8.65. The summed E-state index contributed by atoms with van der Waals surface area (Å²) in [6.07, 6.45) is 12.9. The molecule has 0 spiro atoms. The van der Waals surface area contributed by atoms with Crippen LogP contribution in [-0.4, -0.2) is 16.6 Å². The van der Waals surface area contributed by atoms with Gasteiger partial charge in [-0.15, -0.1) is 0 Å². The number of halogens is 1. The zero-order chi connectivity index (χ0) is 18.9. The molecule has 0 saturated carbocycles. The summed E-state index contributed by atoms with van der Waals surface area (Å²) in [5.41, 5.74) is 0.957. The normalized spacial score (nSPS) is 14.8. The van der Waals surface area contributed by atoms with Crippen molar-refractivity contribution in [3.05, 3.63) is 52.5 Å². The van der Waals surface area contributed by atoms with Crippen molar-refractivity contribution in [3.8, 4) is 5.75 Å². The molecule has 1 heterocycles. The maximum Gasteiger partial charge on any atom is 0.197 e. The number of aliphatic imine (C=N–C) groups is 1. The second-order valence-electron chi connectivity index (χ2n) is 6.00. The second kappa shape index (κ2) is 10.1. The molecule has 5 nitrogen and oxygen atoms in total. The number of carbonyl (C=O) groups excluding carboxylic acids is 1. The first-order chi connectivity index (χ1) is 12.5. The smallest absolute Gasteiger partial charge is 0.197 e. The molecule has 0 fully saturated rings. The highest BCUT2D eigenvalue weighted by molar-refractivity contribution is 9.10. The highest BCUT2D eigenvalue weighted by Crippen LogP contribution is 2.30. The Kier molecular flexibility index (Phi) is 7.78. The maximum absolute atomic E-state index is 11.2. The van der Waals surface area contributed by atoms with Crippen molar-refractivity contribution in [1.29, 1.82) is 0 Å². The van der Waals surface area contributed by atoms with E-state index in [0.29, 0.717) is 30.2 Å². The summed E-state index contributed by atoms with van der Waals surface area (Å²) in [5.74, 6) is 2.74. The summed E-state index contributed by atoms with van der Waals surface area (Å²) in [6, 6.07) is 1.86. The zero-order valence-electron chi connectivity index (χ0n) is 15.4. The summed E-state index contributed by atoms with van der Waals surface area (Å²) in [6.45, 7) is 5.40. The number of amidine groups is 1. The molecule has 6 heteroatoms. The number of Topliss-reactive ketones (excluding diaryl/α,β-unsaturated/α-hetero) is 1. The molecule has 0 atom stereocenters. The summed E-state index contributed by atoms with van der Waals surface area (Å²) in [7, 11) is 0. The molecule has 1 aliphatic rings. The molecule has 0 amide bonds. The number of rotatable bonds is 7. The van der Waals surface area contributed by atoms with Gasteiger partial charge in [-0.2, -0.15) is 0 Å². The van der Waals surface area contributed by atoms with Gasteiger partial charge in [0.05, 0.1) is 0 Å². The lowest BCUT2D eigenvalue weighted by molar-refractivity contribution is -0.116. The fraction of sp³-hybridized carbons (Fsp3) is 0.350. The van der Waals surface area contributed by atoms with Gasteiger partial charge in [-0.05, 0) is 68.1 Å². The van der Waals surface area contributed by atoms with Gasteiger partial charge in [0, 0.05) is 28.9 Å². The van der Waals surface area contributed by atoms with Gasteiger partial charge in [0.1, 0.15) is 17.4 Å². The van der Waals surface area contributed by atoms with Crippen LogP contribution in [0.3, 0.4) is 0 Å². The average molecular weight is 418 g/mol. The third kappa shape index (κ3) is 6.59. The van der Waals surface area contributed by atoms with E-state index < -0.39 is 0 Å². The largest absolute Gasteiger partial charge is 0.454 e. The van der Waals surface area contributed by atoms with E-state index in [0.717, 1.165) is 28.8 Å². The third-order valence-electron chi connectivity index (χ3n) is 3.70. The van der Waals surface area contributed by atoms with E-state index in [1.54, 1.807) is 13.1 Å². The lowest BCUT2D eigenvalue weighted by Gasteiger charge is -2.13. The molecule has 0 radical (unpaired) electrons. The van der Waals surface area contributed by atoms with Crippen LogP contribution >= 0.6 is 15.9 Å². The Morgan fingerprint density at radius 3 is 2.85 bits per heavy atom. The number of pyridine rings is 1. The van der Waals surface area contributed by atoms with Gasteiger partial charge in [0.2, 0.25) is 0 Å². The number of ketones is 1. The van der Waals surface area contributed by atoms with Crippen LogP contribution in [0.25, 0.3) is 0 Å². The first kappa shape index (κ1) is 20.1. The summed E-state index contributed by atoms with van der Waals surface area (Å²) in [4.78, 5) is 20.1. The van der Waals surface area contributed by atoms with Crippen LogP contribution in [0.15, 0.2) is 57.5 Å². The monoisotopic (exact) mass is 417 g/mol. The molecule has 1 aliphatic carbocycles. The van der Waals surface area contributed by atoms with Gasteiger partial charge in [-0.25, -0.2) is 9.98 Å². The Morgan fingerprint density at radius 1 is 1.38 bits per heavy atom.